The minimum Gasteiger partial charge on any atom is -0.481 e. The zero-order valence-electron chi connectivity index (χ0n) is 18.0. The van der Waals surface area contributed by atoms with E-state index in [-0.39, 0.29) is 28.3 Å². The van der Waals surface area contributed by atoms with Crippen LogP contribution in [0.15, 0.2) is 54.6 Å². The molecule has 2 fully saturated rings. The van der Waals surface area contributed by atoms with Crippen LogP contribution in [0.5, 0.6) is 0 Å². The van der Waals surface area contributed by atoms with Crippen LogP contribution >= 0.6 is 7.92 Å². The van der Waals surface area contributed by atoms with E-state index in [4.69, 9.17) is 9.90 Å². The molecule has 2 aromatic rings. The smallest absolute Gasteiger partial charge is 0.300 e. The van der Waals surface area contributed by atoms with Crippen molar-refractivity contribution in [3.63, 3.8) is 0 Å². The van der Waals surface area contributed by atoms with E-state index in [0.717, 1.165) is 18.2 Å². The Morgan fingerprint density at radius 2 is 1.20 bits per heavy atom. The largest absolute Gasteiger partial charge is 0.481 e. The van der Waals surface area contributed by atoms with E-state index in [2.05, 4.69) is 54.6 Å². The summed E-state index contributed by atoms with van der Waals surface area (Å²) in [5.41, 5.74) is 4.87. The summed E-state index contributed by atoms with van der Waals surface area (Å²) in [4.78, 5) is 9.00. The molecular weight excluding hydrogens is 482 g/mol. The summed E-state index contributed by atoms with van der Waals surface area (Å²) in [6.07, 6.45) is 14.7. The molecule has 166 valence electrons. The van der Waals surface area contributed by atoms with E-state index in [1.165, 1.54) is 75.3 Å². The molecule has 0 radical (unpaired) electrons. The summed E-state index contributed by atoms with van der Waals surface area (Å²) in [5, 5.41) is 9.13. The number of rotatable bonds is 4. The molecule has 0 aliphatic heterocycles. The fraction of sp³-hybridized carbons (Fsp3) is 0.500. The van der Waals surface area contributed by atoms with E-state index in [9.17, 15) is 0 Å². The van der Waals surface area contributed by atoms with Gasteiger partial charge in [0.25, 0.3) is 5.97 Å². The zero-order valence-corrected chi connectivity index (χ0v) is 20.5. The first kappa shape index (κ1) is 25.3. The molecule has 0 aromatic heterocycles. The van der Waals surface area contributed by atoms with Gasteiger partial charge in [-0.1, -0.05) is 101 Å². The van der Waals surface area contributed by atoms with Gasteiger partial charge in [0.05, 0.1) is 0 Å². The van der Waals surface area contributed by atoms with E-state index in [1.807, 2.05) is 0 Å². The van der Waals surface area contributed by atoms with Gasteiger partial charge in [-0.15, -0.1) is 0 Å². The van der Waals surface area contributed by atoms with Crippen molar-refractivity contribution in [3.8, 4) is 11.1 Å². The summed E-state index contributed by atoms with van der Waals surface area (Å²) in [6.45, 7) is 1.08. The third kappa shape index (κ3) is 7.30. The van der Waals surface area contributed by atoms with Crippen LogP contribution in [0.2, 0.25) is 0 Å². The quantitative estimate of drug-likeness (QED) is 0.344. The van der Waals surface area contributed by atoms with Crippen LogP contribution in [0.1, 0.15) is 71.1 Å². The summed E-state index contributed by atoms with van der Waals surface area (Å²) < 4.78 is 0. The number of benzene rings is 2. The van der Waals surface area contributed by atoms with Gasteiger partial charge in [0.1, 0.15) is 0 Å². The molecule has 2 saturated carbocycles. The number of aliphatic carboxylic acids is 1. The van der Waals surface area contributed by atoms with E-state index in [0.29, 0.717) is 0 Å². The maximum absolute atomic E-state index is 9.00. The predicted molar refractivity (Wildman–Crippen MR) is 125 cm³/mol. The summed E-state index contributed by atoms with van der Waals surface area (Å²) >= 11 is 0. The Labute approximate surface area is 197 Å². The van der Waals surface area contributed by atoms with Gasteiger partial charge in [-0.05, 0) is 53.4 Å². The fourth-order valence-electron chi connectivity index (χ4n) is 4.97. The fourth-order valence-corrected chi connectivity index (χ4v) is 8.94. The molecule has 0 atom stereocenters. The third-order valence-corrected chi connectivity index (χ3v) is 9.76. The number of carboxylic acid groups (broad SMARTS) is 1. The Morgan fingerprint density at radius 1 is 0.767 bits per heavy atom. The molecule has 0 heterocycles. The molecule has 4 rings (SSSR count). The molecule has 0 unspecified atom stereocenters. The van der Waals surface area contributed by atoms with Gasteiger partial charge in [0.2, 0.25) is 0 Å². The van der Waals surface area contributed by atoms with Crippen molar-refractivity contribution in [3.05, 3.63) is 54.6 Å². The molecule has 2 nitrogen and oxygen atoms in total. The Bertz CT molecular complexity index is 731. The van der Waals surface area contributed by atoms with Gasteiger partial charge in [-0.25, -0.2) is 0 Å². The van der Waals surface area contributed by atoms with Crippen LogP contribution in [0.3, 0.4) is 0 Å². The summed E-state index contributed by atoms with van der Waals surface area (Å²) in [6, 6.07) is 20.5. The minimum atomic E-state index is -0.833. The zero-order chi connectivity index (χ0) is 20.5. The van der Waals surface area contributed by atoms with Crippen molar-refractivity contribution in [2.24, 2.45) is 0 Å². The first-order valence-electron chi connectivity index (χ1n) is 11.3. The molecule has 0 spiro atoms. The molecule has 30 heavy (non-hydrogen) atoms. The van der Waals surface area contributed by atoms with Crippen molar-refractivity contribution >= 4 is 19.2 Å². The predicted octanol–water partition coefficient (Wildman–Crippen LogP) is 7.21. The molecule has 2 aliphatic carbocycles. The molecule has 1 N–H and O–H groups in total. The molecule has 2 aliphatic rings. The molecule has 0 amide bonds. The molecule has 4 heteroatoms. The third-order valence-electron chi connectivity index (χ3n) is 6.20. The maximum Gasteiger partial charge on any atom is 0.300 e. The van der Waals surface area contributed by atoms with Crippen molar-refractivity contribution in [2.45, 2.75) is 82.4 Å². The Kier molecular flexibility index (Phi) is 11.3. The molecule has 0 saturated heterocycles. The molecular formula is C26H35O2PPd. The minimum absolute atomic E-state index is 0. The van der Waals surface area contributed by atoms with E-state index >= 15 is 0 Å². The Hall–Kier alpha value is -0.998. The Balaban J connectivity index is 0.000000591. The average Bonchev–Trinajstić information content (AvgIpc) is 2.76. The van der Waals surface area contributed by atoms with Gasteiger partial charge in [-0.2, -0.15) is 0 Å². The van der Waals surface area contributed by atoms with Gasteiger partial charge in [0.15, 0.2) is 0 Å². The van der Waals surface area contributed by atoms with Gasteiger partial charge in [0, 0.05) is 27.3 Å². The van der Waals surface area contributed by atoms with Crippen molar-refractivity contribution in [1.29, 1.82) is 0 Å². The normalized spacial score (nSPS) is 17.5. The second-order valence-corrected chi connectivity index (χ2v) is 11.2. The number of hydrogen-bond acceptors (Lipinski definition) is 1. The second kappa shape index (κ2) is 13.4. The first-order valence-corrected chi connectivity index (χ1v) is 12.8. The second-order valence-electron chi connectivity index (χ2n) is 8.39. The number of hydrogen-bond donors (Lipinski definition) is 1. The molecule has 0 bridgehead atoms. The molecule has 2 aromatic carbocycles. The number of carboxylic acids is 1. The Morgan fingerprint density at radius 3 is 1.70 bits per heavy atom. The summed E-state index contributed by atoms with van der Waals surface area (Å²) in [7, 11) is -0.0365. The van der Waals surface area contributed by atoms with Gasteiger partial charge < -0.3 is 5.11 Å². The summed E-state index contributed by atoms with van der Waals surface area (Å²) in [5.74, 6) is -0.833. The van der Waals surface area contributed by atoms with Crippen molar-refractivity contribution < 1.29 is 30.3 Å². The van der Waals surface area contributed by atoms with Crippen molar-refractivity contribution in [1.82, 2.24) is 0 Å². The van der Waals surface area contributed by atoms with Crippen LogP contribution in [0, 0.1) is 0 Å². The standard InChI is InChI=1S/C24H31P.C2H4O2.Pd/c1-4-12-20(13-5-1)23-18-10-11-19-24(23)25(21-14-6-2-7-15-21)22-16-8-3-9-17-22;1-2(3)4;/h1,4-5,10-13,18-19,21-22H,2-3,6-9,14-17H2;1H3,(H,3,4);. The van der Waals surface area contributed by atoms with Gasteiger partial charge in [-0.3, -0.25) is 4.79 Å². The first-order chi connectivity index (χ1) is 14.2. The average molecular weight is 517 g/mol. The van der Waals surface area contributed by atoms with Crippen LogP contribution in [0.25, 0.3) is 11.1 Å². The number of carbonyl (C=O) groups is 1. The van der Waals surface area contributed by atoms with E-state index in [1.54, 1.807) is 5.30 Å². The van der Waals surface area contributed by atoms with Crippen LogP contribution in [-0.2, 0) is 25.2 Å². The van der Waals surface area contributed by atoms with Crippen molar-refractivity contribution in [2.75, 3.05) is 0 Å². The monoisotopic (exact) mass is 516 g/mol. The van der Waals surface area contributed by atoms with Gasteiger partial charge >= 0.3 is 0 Å². The van der Waals surface area contributed by atoms with Crippen LogP contribution in [0.4, 0.5) is 0 Å². The SMILES string of the molecule is CC(=O)O.[Pd].c1ccc(-c2ccccc2P(C2CCCCC2)C2CCCCC2)cc1. The van der Waals surface area contributed by atoms with Crippen LogP contribution in [-0.4, -0.2) is 22.4 Å². The van der Waals surface area contributed by atoms with E-state index < -0.39 is 5.97 Å². The van der Waals surface area contributed by atoms with Crippen LogP contribution < -0.4 is 5.30 Å². The maximum atomic E-state index is 9.00. The topological polar surface area (TPSA) is 37.3 Å².